The Morgan fingerprint density at radius 2 is 2.18 bits per heavy atom. The number of hydrogen-bond acceptors (Lipinski definition) is 2. The van der Waals surface area contributed by atoms with Crippen LogP contribution in [0.25, 0.3) is 6.08 Å². The number of allylic oxidation sites excluding steroid dienone is 2. The molecule has 0 saturated heterocycles. The Morgan fingerprint density at radius 3 is 2.91 bits per heavy atom. The van der Waals surface area contributed by atoms with Crippen LogP contribution >= 0.6 is 0 Å². The Labute approximate surface area is 130 Å². The minimum Gasteiger partial charge on any atom is -0.392 e. The lowest BCUT2D eigenvalue weighted by Crippen LogP contribution is -2.42. The van der Waals surface area contributed by atoms with Gasteiger partial charge in [0.25, 0.3) is 0 Å². The molecule has 1 aromatic carbocycles. The standard InChI is InChI=1S/C19H21FO2/c1-12-16-7-4-8-17(21)19(16,2)11-14(18(12)22)9-13-5-3-6-15(20)10-13/h3,5-6,9-10,17,21H,4,7-8,11H2,1-2H3/b14-9+/t17-,19-/m0/s1. The van der Waals surface area contributed by atoms with Crippen LogP contribution in [-0.4, -0.2) is 17.0 Å². The van der Waals surface area contributed by atoms with Crippen LogP contribution in [0.5, 0.6) is 0 Å². The van der Waals surface area contributed by atoms with Crippen LogP contribution in [0, 0.1) is 11.2 Å². The summed E-state index contributed by atoms with van der Waals surface area (Å²) in [5.41, 5.74) is 2.85. The maximum absolute atomic E-state index is 13.3. The first kappa shape index (κ1) is 15.2. The number of Topliss-reactive ketones (excluding diaryl/α,β-unsaturated/α-hetero) is 1. The van der Waals surface area contributed by atoms with Gasteiger partial charge in [-0.3, -0.25) is 4.79 Å². The molecule has 1 saturated carbocycles. The molecule has 2 aliphatic carbocycles. The second-order valence-electron chi connectivity index (χ2n) is 6.66. The van der Waals surface area contributed by atoms with Gasteiger partial charge in [-0.2, -0.15) is 0 Å². The summed E-state index contributed by atoms with van der Waals surface area (Å²) in [5, 5.41) is 10.5. The lowest BCUT2D eigenvalue weighted by molar-refractivity contribution is -0.113. The van der Waals surface area contributed by atoms with Crippen molar-refractivity contribution in [3.05, 3.63) is 52.4 Å². The Hall–Kier alpha value is -1.74. The van der Waals surface area contributed by atoms with Crippen LogP contribution in [0.2, 0.25) is 0 Å². The van der Waals surface area contributed by atoms with E-state index in [0.717, 1.165) is 30.4 Å². The lowest BCUT2D eigenvalue weighted by Gasteiger charge is -2.45. The van der Waals surface area contributed by atoms with Crippen molar-refractivity contribution < 1.29 is 14.3 Å². The van der Waals surface area contributed by atoms with Gasteiger partial charge in [-0.25, -0.2) is 4.39 Å². The molecule has 3 rings (SSSR count). The zero-order valence-electron chi connectivity index (χ0n) is 13.0. The third-order valence-electron chi connectivity index (χ3n) is 5.16. The molecule has 1 aromatic rings. The van der Waals surface area contributed by atoms with Crippen LogP contribution in [0.15, 0.2) is 41.0 Å². The van der Waals surface area contributed by atoms with Gasteiger partial charge < -0.3 is 5.11 Å². The smallest absolute Gasteiger partial charge is 0.184 e. The van der Waals surface area contributed by atoms with E-state index >= 15 is 0 Å². The largest absolute Gasteiger partial charge is 0.392 e. The lowest BCUT2D eigenvalue weighted by atomic mass is 9.61. The average molecular weight is 300 g/mol. The number of carbonyl (C=O) groups excluding carboxylic acids is 1. The van der Waals surface area contributed by atoms with Gasteiger partial charge in [-0.15, -0.1) is 0 Å². The first-order chi connectivity index (χ1) is 10.4. The molecule has 116 valence electrons. The maximum Gasteiger partial charge on any atom is 0.184 e. The fourth-order valence-electron chi connectivity index (χ4n) is 3.89. The first-order valence-electron chi connectivity index (χ1n) is 7.81. The van der Waals surface area contributed by atoms with Gasteiger partial charge in [0.1, 0.15) is 5.82 Å². The summed E-state index contributed by atoms with van der Waals surface area (Å²) < 4.78 is 13.3. The van der Waals surface area contributed by atoms with Gasteiger partial charge in [0.2, 0.25) is 0 Å². The predicted molar refractivity (Wildman–Crippen MR) is 84.7 cm³/mol. The summed E-state index contributed by atoms with van der Waals surface area (Å²) in [7, 11) is 0. The van der Waals surface area contributed by atoms with Crippen molar-refractivity contribution >= 4 is 11.9 Å². The summed E-state index contributed by atoms with van der Waals surface area (Å²) in [6, 6.07) is 6.24. The van der Waals surface area contributed by atoms with E-state index in [0.29, 0.717) is 17.6 Å². The van der Waals surface area contributed by atoms with Crippen molar-refractivity contribution in [2.45, 2.75) is 45.6 Å². The number of aliphatic hydroxyl groups excluding tert-OH is 1. The van der Waals surface area contributed by atoms with E-state index in [-0.39, 0.29) is 17.0 Å². The molecule has 1 N–H and O–H groups in total. The summed E-state index contributed by atoms with van der Waals surface area (Å²) in [6.45, 7) is 3.90. The van der Waals surface area contributed by atoms with Crippen LogP contribution < -0.4 is 0 Å². The number of carbonyl (C=O) groups is 1. The van der Waals surface area contributed by atoms with Gasteiger partial charge in [0.05, 0.1) is 6.10 Å². The quantitative estimate of drug-likeness (QED) is 0.794. The molecule has 2 atom stereocenters. The van der Waals surface area contributed by atoms with Gasteiger partial charge in [-0.1, -0.05) is 24.6 Å². The van der Waals surface area contributed by atoms with Crippen LogP contribution in [0.4, 0.5) is 4.39 Å². The number of ketones is 1. The molecule has 0 radical (unpaired) electrons. The van der Waals surface area contributed by atoms with Crippen LogP contribution in [0.3, 0.4) is 0 Å². The number of fused-ring (bicyclic) bond motifs is 1. The molecule has 2 aliphatic rings. The summed E-state index contributed by atoms with van der Waals surface area (Å²) >= 11 is 0. The van der Waals surface area contributed by atoms with E-state index in [1.807, 2.05) is 13.8 Å². The first-order valence-corrected chi connectivity index (χ1v) is 7.81. The number of halogens is 1. The Kier molecular flexibility index (Phi) is 3.77. The second-order valence-corrected chi connectivity index (χ2v) is 6.66. The molecule has 0 aromatic heterocycles. The van der Waals surface area contributed by atoms with Crippen LogP contribution in [0.1, 0.15) is 45.1 Å². The fourth-order valence-corrected chi connectivity index (χ4v) is 3.89. The summed E-state index contributed by atoms with van der Waals surface area (Å²) in [5.74, 6) is -0.277. The Bertz CT molecular complexity index is 686. The van der Waals surface area contributed by atoms with Crippen LogP contribution in [-0.2, 0) is 4.79 Å². The Morgan fingerprint density at radius 1 is 1.41 bits per heavy atom. The second kappa shape index (κ2) is 5.47. The molecule has 3 heteroatoms. The fraction of sp³-hybridized carbons (Fsp3) is 0.421. The molecule has 22 heavy (non-hydrogen) atoms. The molecule has 0 aliphatic heterocycles. The normalized spacial score (nSPS) is 30.6. The SMILES string of the molecule is CC1=C2CCC[C@H](O)[C@@]2(C)C/C(=C\c2cccc(F)c2)C1=O. The highest BCUT2D eigenvalue weighted by atomic mass is 19.1. The van der Waals surface area contributed by atoms with Gasteiger partial charge >= 0.3 is 0 Å². The zero-order chi connectivity index (χ0) is 15.9. The molecule has 0 spiro atoms. The molecular formula is C19H21FO2. The topological polar surface area (TPSA) is 37.3 Å². The molecule has 2 nitrogen and oxygen atoms in total. The van der Waals surface area contributed by atoms with E-state index in [1.54, 1.807) is 18.2 Å². The van der Waals surface area contributed by atoms with Crippen molar-refractivity contribution in [3.63, 3.8) is 0 Å². The summed E-state index contributed by atoms with van der Waals surface area (Å²) in [4.78, 5) is 12.6. The van der Waals surface area contributed by atoms with Crippen molar-refractivity contribution in [3.8, 4) is 0 Å². The number of benzene rings is 1. The van der Waals surface area contributed by atoms with E-state index < -0.39 is 6.10 Å². The highest BCUT2D eigenvalue weighted by Crippen LogP contribution is 2.50. The van der Waals surface area contributed by atoms with E-state index in [4.69, 9.17) is 0 Å². The third kappa shape index (κ3) is 2.44. The minimum absolute atomic E-state index is 0.0332. The van der Waals surface area contributed by atoms with E-state index in [2.05, 4.69) is 0 Å². The Balaban J connectivity index is 2.05. The predicted octanol–water partition coefficient (Wildman–Crippen LogP) is 4.05. The monoisotopic (exact) mass is 300 g/mol. The minimum atomic E-state index is -0.421. The molecule has 0 heterocycles. The average Bonchev–Trinajstić information content (AvgIpc) is 2.47. The van der Waals surface area contributed by atoms with Crippen molar-refractivity contribution in [1.29, 1.82) is 0 Å². The highest BCUT2D eigenvalue weighted by molar-refractivity contribution is 6.12. The van der Waals surface area contributed by atoms with E-state index in [1.165, 1.54) is 12.1 Å². The highest BCUT2D eigenvalue weighted by Gasteiger charge is 2.45. The molecule has 1 fully saturated rings. The van der Waals surface area contributed by atoms with E-state index in [9.17, 15) is 14.3 Å². The summed E-state index contributed by atoms with van der Waals surface area (Å²) in [6.07, 6.45) is 4.46. The van der Waals surface area contributed by atoms with Gasteiger partial charge in [0, 0.05) is 11.0 Å². The maximum atomic E-state index is 13.3. The van der Waals surface area contributed by atoms with Gasteiger partial charge in [-0.05, 0) is 62.0 Å². The van der Waals surface area contributed by atoms with Crippen molar-refractivity contribution in [2.75, 3.05) is 0 Å². The molecule has 0 unspecified atom stereocenters. The number of hydrogen-bond donors (Lipinski definition) is 1. The zero-order valence-corrected chi connectivity index (χ0v) is 13.0. The molecular weight excluding hydrogens is 279 g/mol. The molecule has 0 amide bonds. The van der Waals surface area contributed by atoms with Crippen molar-refractivity contribution in [1.82, 2.24) is 0 Å². The number of aliphatic hydroxyl groups is 1. The van der Waals surface area contributed by atoms with Gasteiger partial charge in [0.15, 0.2) is 5.78 Å². The third-order valence-corrected chi connectivity index (χ3v) is 5.16. The number of rotatable bonds is 1. The van der Waals surface area contributed by atoms with Crippen molar-refractivity contribution in [2.24, 2.45) is 5.41 Å². The molecule has 0 bridgehead atoms.